The molecule has 6 nitrogen and oxygen atoms in total. The first-order valence-corrected chi connectivity index (χ1v) is 8.07. The van der Waals surface area contributed by atoms with Crippen molar-refractivity contribution in [2.75, 3.05) is 12.4 Å². The van der Waals surface area contributed by atoms with Gasteiger partial charge >= 0.3 is 0 Å². The molecule has 4 rings (SSSR count). The van der Waals surface area contributed by atoms with Gasteiger partial charge in [0.15, 0.2) is 0 Å². The molecule has 2 atom stereocenters. The first kappa shape index (κ1) is 15.0. The second-order valence-corrected chi connectivity index (χ2v) is 6.10. The highest BCUT2D eigenvalue weighted by Gasteiger charge is 2.31. The average molecular weight is 342 g/mol. The Morgan fingerprint density at radius 1 is 1.21 bits per heavy atom. The Balaban J connectivity index is 1.75. The van der Waals surface area contributed by atoms with E-state index in [2.05, 4.69) is 26.9 Å². The summed E-state index contributed by atoms with van der Waals surface area (Å²) in [5, 5.41) is 16.1. The molecule has 0 amide bonds. The largest absolute Gasteiger partial charge is 0.497 e. The van der Waals surface area contributed by atoms with E-state index in [0.717, 1.165) is 28.3 Å². The SMILES string of the molecule is COc1cccc([C@@H]2C[C@H](c3ccccc3Cl)n3nnnc3N2)c1. The molecule has 0 radical (unpaired) electrons. The van der Waals surface area contributed by atoms with E-state index < -0.39 is 0 Å². The van der Waals surface area contributed by atoms with E-state index in [0.29, 0.717) is 5.95 Å². The predicted octanol–water partition coefficient (Wildman–Crippen LogP) is 3.48. The normalized spacial score (nSPS) is 19.4. The quantitative estimate of drug-likeness (QED) is 0.790. The minimum Gasteiger partial charge on any atom is -0.497 e. The summed E-state index contributed by atoms with van der Waals surface area (Å²) in [6.45, 7) is 0. The van der Waals surface area contributed by atoms with Crippen LogP contribution >= 0.6 is 11.6 Å². The van der Waals surface area contributed by atoms with Gasteiger partial charge in [0, 0.05) is 5.02 Å². The van der Waals surface area contributed by atoms with Crippen LogP contribution in [0.1, 0.15) is 29.6 Å². The molecule has 122 valence electrons. The fourth-order valence-corrected chi connectivity index (χ4v) is 3.38. The number of tetrazole rings is 1. The number of nitrogens with zero attached hydrogens (tertiary/aromatic N) is 4. The van der Waals surface area contributed by atoms with Gasteiger partial charge in [0.25, 0.3) is 0 Å². The molecule has 7 heteroatoms. The van der Waals surface area contributed by atoms with Gasteiger partial charge in [-0.1, -0.05) is 47.0 Å². The third kappa shape index (κ3) is 2.59. The van der Waals surface area contributed by atoms with Gasteiger partial charge in [-0.25, -0.2) is 4.68 Å². The summed E-state index contributed by atoms with van der Waals surface area (Å²) in [4.78, 5) is 0. The van der Waals surface area contributed by atoms with E-state index in [9.17, 15) is 0 Å². The molecule has 0 bridgehead atoms. The van der Waals surface area contributed by atoms with E-state index in [1.54, 1.807) is 11.8 Å². The van der Waals surface area contributed by atoms with Crippen molar-refractivity contribution in [2.24, 2.45) is 0 Å². The number of fused-ring (bicyclic) bond motifs is 1. The van der Waals surface area contributed by atoms with Crippen LogP contribution in [0.3, 0.4) is 0 Å². The summed E-state index contributed by atoms with van der Waals surface area (Å²) >= 11 is 6.41. The lowest BCUT2D eigenvalue weighted by molar-refractivity contribution is 0.408. The number of benzene rings is 2. The Labute approximate surface area is 144 Å². The highest BCUT2D eigenvalue weighted by atomic mass is 35.5. The molecular weight excluding hydrogens is 326 g/mol. The summed E-state index contributed by atoms with van der Waals surface area (Å²) < 4.78 is 7.13. The molecule has 0 unspecified atom stereocenters. The number of nitrogens with one attached hydrogen (secondary N) is 1. The Morgan fingerprint density at radius 2 is 2.08 bits per heavy atom. The lowest BCUT2D eigenvalue weighted by atomic mass is 9.93. The number of halogens is 1. The van der Waals surface area contributed by atoms with Gasteiger partial charge in [-0.15, -0.1) is 0 Å². The highest BCUT2D eigenvalue weighted by Crippen LogP contribution is 2.39. The highest BCUT2D eigenvalue weighted by molar-refractivity contribution is 6.31. The molecule has 1 aromatic heterocycles. The Kier molecular flexibility index (Phi) is 3.82. The standard InChI is InChI=1S/C17H16ClN5O/c1-24-12-6-4-5-11(9-12)15-10-16(13-7-2-3-8-14(13)18)23-17(19-15)20-21-22-23/h2-9,15-16H,10H2,1H3,(H,19,20,22)/t15-,16+/m0/s1. The van der Waals surface area contributed by atoms with Crippen LogP contribution in [0.5, 0.6) is 5.75 Å². The molecule has 0 saturated carbocycles. The van der Waals surface area contributed by atoms with Crippen molar-refractivity contribution in [3.8, 4) is 5.75 Å². The fraction of sp³-hybridized carbons (Fsp3) is 0.235. The first-order valence-electron chi connectivity index (χ1n) is 7.69. The molecule has 2 heterocycles. The second kappa shape index (κ2) is 6.13. The van der Waals surface area contributed by atoms with Crippen LogP contribution in [0, 0.1) is 0 Å². The molecule has 0 spiro atoms. The van der Waals surface area contributed by atoms with Crippen molar-refractivity contribution in [3.63, 3.8) is 0 Å². The van der Waals surface area contributed by atoms with Crippen LogP contribution in [-0.4, -0.2) is 27.3 Å². The summed E-state index contributed by atoms with van der Waals surface area (Å²) in [7, 11) is 1.67. The van der Waals surface area contributed by atoms with Gasteiger partial charge in [0.2, 0.25) is 5.95 Å². The number of anilines is 1. The van der Waals surface area contributed by atoms with Gasteiger partial charge in [-0.05, 0) is 46.2 Å². The van der Waals surface area contributed by atoms with Crippen LogP contribution in [0.2, 0.25) is 5.02 Å². The lowest BCUT2D eigenvalue weighted by Gasteiger charge is -2.31. The third-order valence-electron chi connectivity index (χ3n) is 4.31. The lowest BCUT2D eigenvalue weighted by Crippen LogP contribution is -2.28. The van der Waals surface area contributed by atoms with E-state index in [-0.39, 0.29) is 12.1 Å². The molecule has 1 N–H and O–H groups in total. The average Bonchev–Trinajstić information content (AvgIpc) is 3.10. The van der Waals surface area contributed by atoms with Crippen LogP contribution in [0.25, 0.3) is 0 Å². The Morgan fingerprint density at radius 3 is 2.92 bits per heavy atom. The molecule has 0 aliphatic carbocycles. The summed E-state index contributed by atoms with van der Waals surface area (Å²) in [6.07, 6.45) is 0.787. The molecule has 24 heavy (non-hydrogen) atoms. The Bertz CT molecular complexity index is 865. The maximum atomic E-state index is 6.41. The van der Waals surface area contributed by atoms with E-state index in [1.165, 1.54) is 0 Å². The van der Waals surface area contributed by atoms with Crippen molar-refractivity contribution in [2.45, 2.75) is 18.5 Å². The predicted molar refractivity (Wildman–Crippen MR) is 91.4 cm³/mol. The molecule has 0 saturated heterocycles. The van der Waals surface area contributed by atoms with Crippen molar-refractivity contribution in [1.82, 2.24) is 20.2 Å². The molecule has 1 aliphatic rings. The smallest absolute Gasteiger partial charge is 0.243 e. The molecule has 0 fully saturated rings. The number of hydrogen-bond acceptors (Lipinski definition) is 5. The summed E-state index contributed by atoms with van der Waals surface area (Å²) in [6, 6.07) is 15.9. The first-order chi connectivity index (χ1) is 11.8. The zero-order chi connectivity index (χ0) is 16.5. The van der Waals surface area contributed by atoms with Gasteiger partial charge < -0.3 is 10.1 Å². The minimum atomic E-state index is -0.0267. The number of rotatable bonds is 3. The summed E-state index contributed by atoms with van der Waals surface area (Å²) in [5.41, 5.74) is 2.14. The summed E-state index contributed by atoms with van der Waals surface area (Å²) in [5.74, 6) is 1.47. The van der Waals surface area contributed by atoms with E-state index in [4.69, 9.17) is 16.3 Å². The van der Waals surface area contributed by atoms with Gasteiger partial charge in [-0.3, -0.25) is 0 Å². The second-order valence-electron chi connectivity index (χ2n) is 5.69. The zero-order valence-electron chi connectivity index (χ0n) is 13.1. The van der Waals surface area contributed by atoms with E-state index in [1.807, 2.05) is 42.5 Å². The van der Waals surface area contributed by atoms with Crippen molar-refractivity contribution in [1.29, 1.82) is 0 Å². The molecule has 1 aliphatic heterocycles. The molecule has 3 aromatic rings. The van der Waals surface area contributed by atoms with Crippen LogP contribution in [-0.2, 0) is 0 Å². The third-order valence-corrected chi connectivity index (χ3v) is 4.65. The fourth-order valence-electron chi connectivity index (χ4n) is 3.12. The van der Waals surface area contributed by atoms with Gasteiger partial charge in [0.05, 0.1) is 19.2 Å². The maximum absolute atomic E-state index is 6.41. The topological polar surface area (TPSA) is 64.9 Å². The molecule has 2 aromatic carbocycles. The number of aromatic nitrogens is 4. The monoisotopic (exact) mass is 341 g/mol. The maximum Gasteiger partial charge on any atom is 0.243 e. The van der Waals surface area contributed by atoms with Crippen LogP contribution < -0.4 is 10.1 Å². The van der Waals surface area contributed by atoms with Crippen molar-refractivity contribution in [3.05, 3.63) is 64.7 Å². The van der Waals surface area contributed by atoms with Crippen LogP contribution in [0.4, 0.5) is 5.95 Å². The van der Waals surface area contributed by atoms with Crippen LogP contribution in [0.15, 0.2) is 48.5 Å². The molecular formula is C17H16ClN5O. The van der Waals surface area contributed by atoms with E-state index >= 15 is 0 Å². The van der Waals surface area contributed by atoms with Gasteiger partial charge in [-0.2, -0.15) is 0 Å². The number of methoxy groups -OCH3 is 1. The van der Waals surface area contributed by atoms with Crippen molar-refractivity contribution >= 4 is 17.5 Å². The number of hydrogen-bond donors (Lipinski definition) is 1. The zero-order valence-corrected chi connectivity index (χ0v) is 13.8. The Hall–Kier alpha value is -2.60. The number of ether oxygens (including phenoxy) is 1. The van der Waals surface area contributed by atoms with Crippen molar-refractivity contribution < 1.29 is 4.74 Å². The minimum absolute atomic E-state index is 0.0267. The van der Waals surface area contributed by atoms with Gasteiger partial charge in [0.1, 0.15) is 5.75 Å².